The van der Waals surface area contributed by atoms with E-state index < -0.39 is 5.82 Å². The topological polar surface area (TPSA) is 35.2 Å². The van der Waals surface area contributed by atoms with Crippen molar-refractivity contribution in [2.75, 3.05) is 0 Å². The van der Waals surface area contributed by atoms with Gasteiger partial charge in [0.25, 0.3) is 0 Å². The second-order valence-electron chi connectivity index (χ2n) is 5.42. The lowest BCUT2D eigenvalue weighted by Gasteiger charge is -2.15. The number of benzene rings is 2. The van der Waals surface area contributed by atoms with Crippen LogP contribution in [0.1, 0.15) is 43.9 Å². The maximum absolute atomic E-state index is 14.1. The van der Waals surface area contributed by atoms with Crippen molar-refractivity contribution in [3.8, 4) is 11.5 Å². The van der Waals surface area contributed by atoms with Crippen LogP contribution in [0.15, 0.2) is 40.9 Å². The minimum atomic E-state index is -0.401. The molecule has 0 aliphatic heterocycles. The van der Waals surface area contributed by atoms with E-state index in [1.54, 1.807) is 12.1 Å². The fourth-order valence-electron chi connectivity index (χ4n) is 2.06. The first kappa shape index (κ1) is 16.0. The Kier molecular flexibility index (Phi) is 5.01. The van der Waals surface area contributed by atoms with Crippen molar-refractivity contribution in [1.82, 2.24) is 0 Å². The Hall–Kier alpha value is -1.39. The number of hydrogen-bond donors (Lipinski definition) is 1. The van der Waals surface area contributed by atoms with Crippen LogP contribution >= 0.6 is 15.9 Å². The first-order chi connectivity index (χ1) is 9.88. The lowest BCUT2D eigenvalue weighted by molar-refractivity contribution is 0.434. The van der Waals surface area contributed by atoms with Crippen molar-refractivity contribution in [2.45, 2.75) is 32.7 Å². The van der Waals surface area contributed by atoms with E-state index in [9.17, 15) is 4.39 Å². The summed E-state index contributed by atoms with van der Waals surface area (Å²) < 4.78 is 20.9. The lowest BCUT2D eigenvalue weighted by atomic mass is 10.0. The highest BCUT2D eigenvalue weighted by atomic mass is 79.9. The molecule has 0 saturated carbocycles. The molecule has 0 bridgehead atoms. The van der Waals surface area contributed by atoms with Crippen molar-refractivity contribution in [1.29, 1.82) is 0 Å². The van der Waals surface area contributed by atoms with E-state index in [2.05, 4.69) is 29.8 Å². The summed E-state index contributed by atoms with van der Waals surface area (Å²) in [5.74, 6) is 0.760. The summed E-state index contributed by atoms with van der Waals surface area (Å²) in [4.78, 5) is 0. The molecule has 0 saturated heterocycles. The quantitative estimate of drug-likeness (QED) is 0.786. The fraction of sp³-hybridized carbons (Fsp3) is 0.294. The zero-order chi connectivity index (χ0) is 15.6. The fourth-order valence-corrected chi connectivity index (χ4v) is 2.44. The summed E-state index contributed by atoms with van der Waals surface area (Å²) in [6, 6.07) is 10.4. The largest absolute Gasteiger partial charge is 0.454 e. The van der Waals surface area contributed by atoms with Crippen molar-refractivity contribution >= 4 is 15.9 Å². The summed E-state index contributed by atoms with van der Waals surface area (Å²) in [5.41, 5.74) is 7.53. The molecule has 21 heavy (non-hydrogen) atoms. The van der Waals surface area contributed by atoms with E-state index >= 15 is 0 Å². The molecular weight excluding hydrogens is 333 g/mol. The highest BCUT2D eigenvalue weighted by Crippen LogP contribution is 2.34. The standard InChI is InChI=1S/C17H19BrFNO/c1-10(2)14-9-13(18)5-7-16(14)21-17-6-4-12(11(3)20)8-15(17)19/h4-11H,20H2,1-3H3/t11-/m1/s1. The van der Waals surface area contributed by atoms with Crippen LogP contribution in [0.5, 0.6) is 11.5 Å². The Balaban J connectivity index is 2.34. The Morgan fingerprint density at radius 2 is 1.71 bits per heavy atom. The molecule has 0 fully saturated rings. The monoisotopic (exact) mass is 351 g/mol. The van der Waals surface area contributed by atoms with E-state index in [0.29, 0.717) is 5.75 Å². The van der Waals surface area contributed by atoms with Gasteiger partial charge in [0.05, 0.1) is 0 Å². The normalized spacial score (nSPS) is 12.5. The second-order valence-corrected chi connectivity index (χ2v) is 6.33. The molecule has 0 aliphatic rings. The van der Waals surface area contributed by atoms with E-state index in [1.807, 2.05) is 25.1 Å². The molecule has 0 aromatic heterocycles. The molecule has 0 radical (unpaired) electrons. The molecule has 0 heterocycles. The third kappa shape index (κ3) is 3.83. The van der Waals surface area contributed by atoms with E-state index in [4.69, 9.17) is 10.5 Å². The Morgan fingerprint density at radius 1 is 1.05 bits per heavy atom. The van der Waals surface area contributed by atoms with Gasteiger partial charge in [0.1, 0.15) is 5.75 Å². The lowest BCUT2D eigenvalue weighted by Crippen LogP contribution is -2.05. The van der Waals surface area contributed by atoms with Crippen molar-refractivity contribution < 1.29 is 9.13 Å². The predicted molar refractivity (Wildman–Crippen MR) is 87.3 cm³/mol. The summed E-state index contributed by atoms with van der Waals surface area (Å²) in [7, 11) is 0. The SMILES string of the molecule is CC(C)c1cc(Br)ccc1Oc1ccc([C@@H](C)N)cc1F. The van der Waals surface area contributed by atoms with Gasteiger partial charge >= 0.3 is 0 Å². The zero-order valence-electron chi connectivity index (χ0n) is 12.4. The van der Waals surface area contributed by atoms with Gasteiger partial charge in [-0.3, -0.25) is 0 Å². The Labute approximate surface area is 133 Å². The summed E-state index contributed by atoms with van der Waals surface area (Å²) in [6.45, 7) is 5.97. The van der Waals surface area contributed by atoms with E-state index in [1.165, 1.54) is 6.07 Å². The third-order valence-corrected chi connectivity index (χ3v) is 3.79. The molecule has 112 valence electrons. The van der Waals surface area contributed by atoms with Gasteiger partial charge in [-0.25, -0.2) is 4.39 Å². The van der Waals surface area contributed by atoms with Crippen molar-refractivity contribution in [3.05, 3.63) is 57.8 Å². The van der Waals surface area contributed by atoms with Gasteiger partial charge in [0.2, 0.25) is 0 Å². The average Bonchev–Trinajstić information content (AvgIpc) is 2.42. The maximum Gasteiger partial charge on any atom is 0.166 e. The molecular formula is C17H19BrFNO. The van der Waals surface area contributed by atoms with Crippen LogP contribution < -0.4 is 10.5 Å². The van der Waals surface area contributed by atoms with Gasteiger partial charge in [-0.05, 0) is 54.3 Å². The van der Waals surface area contributed by atoms with E-state index in [-0.39, 0.29) is 17.7 Å². The summed E-state index contributed by atoms with van der Waals surface area (Å²) in [6.07, 6.45) is 0. The highest BCUT2D eigenvalue weighted by molar-refractivity contribution is 9.10. The molecule has 0 spiro atoms. The van der Waals surface area contributed by atoms with Gasteiger partial charge in [0.15, 0.2) is 11.6 Å². The molecule has 0 unspecified atom stereocenters. The molecule has 2 N–H and O–H groups in total. The number of hydrogen-bond acceptors (Lipinski definition) is 2. The van der Waals surface area contributed by atoms with Gasteiger partial charge in [-0.2, -0.15) is 0 Å². The van der Waals surface area contributed by atoms with Gasteiger partial charge in [-0.15, -0.1) is 0 Å². The van der Waals surface area contributed by atoms with Crippen LogP contribution in [-0.2, 0) is 0 Å². The van der Waals surface area contributed by atoms with E-state index in [0.717, 1.165) is 15.6 Å². The number of ether oxygens (including phenoxy) is 1. The molecule has 2 aromatic rings. The maximum atomic E-state index is 14.1. The Bertz CT molecular complexity index is 641. The zero-order valence-corrected chi connectivity index (χ0v) is 13.9. The molecule has 4 heteroatoms. The van der Waals surface area contributed by atoms with Gasteiger partial charge < -0.3 is 10.5 Å². The van der Waals surface area contributed by atoms with Crippen LogP contribution in [0.2, 0.25) is 0 Å². The predicted octanol–water partition coefficient (Wildman–Crippen LogP) is 5.52. The second kappa shape index (κ2) is 6.58. The molecule has 2 rings (SSSR count). The third-order valence-electron chi connectivity index (χ3n) is 3.30. The van der Waals surface area contributed by atoms with Crippen LogP contribution in [0, 0.1) is 5.82 Å². The summed E-state index contributed by atoms with van der Waals surface area (Å²) >= 11 is 3.45. The van der Waals surface area contributed by atoms with Crippen molar-refractivity contribution in [2.24, 2.45) is 5.73 Å². The molecule has 1 atom stereocenters. The smallest absolute Gasteiger partial charge is 0.166 e. The minimum Gasteiger partial charge on any atom is -0.454 e. The molecule has 0 amide bonds. The van der Waals surface area contributed by atoms with Gasteiger partial charge in [0, 0.05) is 10.5 Å². The van der Waals surface area contributed by atoms with Crippen LogP contribution in [0.25, 0.3) is 0 Å². The minimum absolute atomic E-state index is 0.201. The molecule has 0 aliphatic carbocycles. The molecule has 2 aromatic carbocycles. The van der Waals surface area contributed by atoms with Crippen LogP contribution in [0.4, 0.5) is 4.39 Å². The highest BCUT2D eigenvalue weighted by Gasteiger charge is 2.13. The number of halogens is 2. The first-order valence-corrected chi connectivity index (χ1v) is 7.70. The summed E-state index contributed by atoms with van der Waals surface area (Å²) in [5, 5.41) is 0. The van der Waals surface area contributed by atoms with Crippen LogP contribution in [0.3, 0.4) is 0 Å². The van der Waals surface area contributed by atoms with Gasteiger partial charge in [-0.1, -0.05) is 35.8 Å². The number of nitrogens with two attached hydrogens (primary N) is 1. The van der Waals surface area contributed by atoms with Crippen molar-refractivity contribution in [3.63, 3.8) is 0 Å². The molecule has 2 nitrogen and oxygen atoms in total. The average molecular weight is 352 g/mol. The van der Waals surface area contributed by atoms with Crippen LogP contribution in [-0.4, -0.2) is 0 Å². The Morgan fingerprint density at radius 3 is 2.29 bits per heavy atom. The first-order valence-electron chi connectivity index (χ1n) is 6.91. The number of rotatable bonds is 4.